The summed E-state index contributed by atoms with van der Waals surface area (Å²) in [5, 5.41) is 8.05. The topological polar surface area (TPSA) is 89.3 Å². The predicted octanol–water partition coefficient (Wildman–Crippen LogP) is 2.23. The van der Waals surface area contributed by atoms with Crippen LogP contribution in [0.5, 0.6) is 0 Å². The molecule has 0 aliphatic carbocycles. The molecule has 0 spiro atoms. The lowest BCUT2D eigenvalue weighted by Gasteiger charge is -2.11. The maximum absolute atomic E-state index is 12.3. The van der Waals surface area contributed by atoms with E-state index in [0.29, 0.717) is 29.7 Å². The van der Waals surface area contributed by atoms with Crippen LogP contribution < -0.4 is 10.5 Å². The molecule has 0 unspecified atom stereocenters. The predicted molar refractivity (Wildman–Crippen MR) is 94.5 cm³/mol. The Morgan fingerprint density at radius 1 is 1.08 bits per heavy atom. The lowest BCUT2D eigenvalue weighted by Crippen LogP contribution is -2.26. The maximum atomic E-state index is 12.3. The largest absolute Gasteiger partial charge is 0.352 e. The third-order valence-electron chi connectivity index (χ3n) is 4.13. The van der Waals surface area contributed by atoms with Crippen LogP contribution in [-0.2, 0) is 16.4 Å². The molecule has 2 aromatic rings. The van der Waals surface area contributed by atoms with Gasteiger partial charge in [-0.1, -0.05) is 24.3 Å². The van der Waals surface area contributed by atoms with Crippen molar-refractivity contribution in [1.29, 1.82) is 0 Å². The van der Waals surface area contributed by atoms with E-state index in [1.165, 1.54) is 17.2 Å². The van der Waals surface area contributed by atoms with Crippen molar-refractivity contribution in [3.8, 4) is 0 Å². The highest BCUT2D eigenvalue weighted by Crippen LogP contribution is 2.20. The molecule has 5 nitrogen and oxygen atoms in total. The van der Waals surface area contributed by atoms with Crippen molar-refractivity contribution in [2.45, 2.75) is 32.1 Å². The zero-order chi connectivity index (χ0) is 17.9. The first kappa shape index (κ1) is 18.2. The van der Waals surface area contributed by atoms with Crippen molar-refractivity contribution in [1.82, 2.24) is 5.32 Å². The molecule has 0 bridgehead atoms. The number of hydrogen-bond acceptors (Lipinski definition) is 3. The number of carbonyl (C=O) groups is 1. The number of primary sulfonamides is 1. The fourth-order valence-corrected chi connectivity index (χ4v) is 3.44. The van der Waals surface area contributed by atoms with Crippen molar-refractivity contribution >= 4 is 15.9 Å². The fraction of sp³-hybridized carbons (Fsp3) is 0.278. The minimum Gasteiger partial charge on any atom is -0.352 e. The number of nitrogens with one attached hydrogen (secondary N) is 1. The summed E-state index contributed by atoms with van der Waals surface area (Å²) in [6.07, 6.45) is 0.714. The maximum Gasteiger partial charge on any atom is 0.251 e. The van der Waals surface area contributed by atoms with Crippen molar-refractivity contribution < 1.29 is 13.2 Å². The monoisotopic (exact) mass is 346 g/mol. The van der Waals surface area contributed by atoms with E-state index in [-0.39, 0.29) is 10.8 Å². The lowest BCUT2D eigenvalue weighted by atomic mass is 10.0. The van der Waals surface area contributed by atoms with Crippen LogP contribution in [0.25, 0.3) is 0 Å². The summed E-state index contributed by atoms with van der Waals surface area (Å²) in [5.74, 6) is -0.309. The van der Waals surface area contributed by atoms with Gasteiger partial charge in [0.2, 0.25) is 10.0 Å². The molecular weight excluding hydrogens is 324 g/mol. The Hall–Kier alpha value is -2.18. The number of nitrogens with two attached hydrogens (primary N) is 1. The molecule has 3 N–H and O–H groups in total. The van der Waals surface area contributed by atoms with Crippen LogP contribution in [0.4, 0.5) is 0 Å². The van der Waals surface area contributed by atoms with E-state index >= 15 is 0 Å². The van der Waals surface area contributed by atoms with E-state index in [2.05, 4.69) is 5.32 Å². The van der Waals surface area contributed by atoms with Gasteiger partial charge in [-0.2, -0.15) is 0 Å². The van der Waals surface area contributed by atoms with Gasteiger partial charge in [0.1, 0.15) is 0 Å². The highest BCUT2D eigenvalue weighted by Gasteiger charge is 2.17. The normalized spacial score (nSPS) is 11.3. The zero-order valence-corrected chi connectivity index (χ0v) is 14.9. The van der Waals surface area contributed by atoms with E-state index in [1.807, 2.05) is 31.2 Å². The number of carbonyl (C=O) groups excluding carboxylic acids is 1. The number of aryl methyl sites for hydroxylation is 2. The third-order valence-corrected chi connectivity index (χ3v) is 5.17. The van der Waals surface area contributed by atoms with Gasteiger partial charge in [0.15, 0.2) is 0 Å². The van der Waals surface area contributed by atoms with Crippen LogP contribution in [-0.4, -0.2) is 20.9 Å². The molecule has 0 aromatic heterocycles. The molecule has 1 amide bonds. The quantitative estimate of drug-likeness (QED) is 0.870. The summed E-state index contributed by atoms with van der Waals surface area (Å²) in [6.45, 7) is 5.93. The van der Waals surface area contributed by atoms with Crippen LogP contribution in [0.2, 0.25) is 0 Å². The second-order valence-electron chi connectivity index (χ2n) is 5.89. The number of amides is 1. The molecule has 128 valence electrons. The van der Waals surface area contributed by atoms with Gasteiger partial charge in [-0.25, -0.2) is 13.6 Å². The second kappa shape index (κ2) is 7.15. The van der Waals surface area contributed by atoms with Gasteiger partial charge in [0, 0.05) is 12.1 Å². The molecule has 0 saturated carbocycles. The number of rotatable bonds is 5. The van der Waals surface area contributed by atoms with Crippen molar-refractivity contribution in [2.75, 3.05) is 6.54 Å². The van der Waals surface area contributed by atoms with Gasteiger partial charge in [-0.05, 0) is 61.6 Å². The highest BCUT2D eigenvalue weighted by atomic mass is 32.2. The van der Waals surface area contributed by atoms with Crippen molar-refractivity contribution in [2.24, 2.45) is 5.14 Å². The Bertz CT molecular complexity index is 874. The molecule has 2 aromatic carbocycles. The molecule has 0 saturated heterocycles. The number of benzene rings is 2. The molecule has 0 fully saturated rings. The minimum atomic E-state index is -3.86. The van der Waals surface area contributed by atoms with E-state index in [4.69, 9.17) is 5.14 Å². The van der Waals surface area contributed by atoms with Crippen LogP contribution in [0.3, 0.4) is 0 Å². The Morgan fingerprint density at radius 2 is 1.75 bits per heavy atom. The third kappa shape index (κ3) is 4.21. The minimum absolute atomic E-state index is 0.00782. The first-order chi connectivity index (χ1) is 11.2. The average Bonchev–Trinajstić information content (AvgIpc) is 2.50. The van der Waals surface area contributed by atoms with E-state index in [0.717, 1.165) is 0 Å². The average molecular weight is 346 g/mol. The van der Waals surface area contributed by atoms with Gasteiger partial charge in [-0.3, -0.25) is 4.79 Å². The van der Waals surface area contributed by atoms with Gasteiger partial charge < -0.3 is 5.32 Å². The van der Waals surface area contributed by atoms with Gasteiger partial charge in [-0.15, -0.1) is 0 Å². The van der Waals surface area contributed by atoms with Crippen LogP contribution in [0.1, 0.15) is 32.6 Å². The zero-order valence-electron chi connectivity index (χ0n) is 14.1. The molecule has 24 heavy (non-hydrogen) atoms. The molecule has 0 heterocycles. The fourth-order valence-electron chi connectivity index (χ4n) is 2.56. The van der Waals surface area contributed by atoms with E-state index in [1.54, 1.807) is 19.9 Å². The van der Waals surface area contributed by atoms with Crippen molar-refractivity contribution in [3.05, 3.63) is 64.2 Å². The number of hydrogen-bond donors (Lipinski definition) is 2. The highest BCUT2D eigenvalue weighted by molar-refractivity contribution is 7.89. The smallest absolute Gasteiger partial charge is 0.251 e. The van der Waals surface area contributed by atoms with Gasteiger partial charge >= 0.3 is 0 Å². The van der Waals surface area contributed by atoms with Crippen LogP contribution in [0, 0.1) is 20.8 Å². The van der Waals surface area contributed by atoms with E-state index < -0.39 is 10.0 Å². The summed E-state index contributed by atoms with van der Waals surface area (Å²) in [7, 11) is -3.86. The van der Waals surface area contributed by atoms with Crippen LogP contribution in [0.15, 0.2) is 41.3 Å². The molecule has 0 atom stereocenters. The van der Waals surface area contributed by atoms with Crippen LogP contribution >= 0.6 is 0 Å². The summed E-state index contributed by atoms with van der Waals surface area (Å²) < 4.78 is 23.3. The SMILES string of the molecule is Cc1ccccc1CCNC(=O)c1cc(C)c(C)c(S(N)(=O)=O)c1. The lowest BCUT2D eigenvalue weighted by molar-refractivity contribution is 0.0954. The summed E-state index contributed by atoms with van der Waals surface area (Å²) in [5.41, 5.74) is 3.92. The molecule has 6 heteroatoms. The Morgan fingerprint density at radius 3 is 2.38 bits per heavy atom. The van der Waals surface area contributed by atoms with E-state index in [9.17, 15) is 13.2 Å². The number of sulfonamides is 1. The molecule has 0 radical (unpaired) electrons. The van der Waals surface area contributed by atoms with Gasteiger partial charge in [0.25, 0.3) is 5.91 Å². The first-order valence-electron chi connectivity index (χ1n) is 7.67. The molecule has 0 aliphatic heterocycles. The van der Waals surface area contributed by atoms with Gasteiger partial charge in [0.05, 0.1) is 4.90 Å². The summed E-state index contributed by atoms with van der Waals surface area (Å²) in [4.78, 5) is 12.3. The summed E-state index contributed by atoms with van der Waals surface area (Å²) in [6, 6.07) is 11.0. The Kier molecular flexibility index (Phi) is 5.41. The molecular formula is C18H22N2O3S. The Labute approximate surface area is 142 Å². The first-order valence-corrected chi connectivity index (χ1v) is 9.21. The Balaban J connectivity index is 2.13. The summed E-state index contributed by atoms with van der Waals surface area (Å²) >= 11 is 0. The van der Waals surface area contributed by atoms with Crippen molar-refractivity contribution in [3.63, 3.8) is 0 Å². The standard InChI is InChI=1S/C18H22N2O3S/c1-12-6-4-5-7-15(12)8-9-20-18(21)16-10-13(2)14(3)17(11-16)24(19,22)23/h4-7,10-11H,8-9H2,1-3H3,(H,20,21)(H2,19,22,23). The second-order valence-corrected chi connectivity index (χ2v) is 7.42. The molecule has 2 rings (SSSR count). The molecule has 0 aliphatic rings.